The number of hydrogen-bond acceptors (Lipinski definition) is 3. The summed E-state index contributed by atoms with van der Waals surface area (Å²) in [6.45, 7) is 1.98. The Balaban J connectivity index is 2.21. The van der Waals surface area contributed by atoms with Gasteiger partial charge in [0.05, 0.1) is 11.4 Å². The number of nitrogens with one attached hydrogen (secondary N) is 1. The number of amides is 1. The maximum absolute atomic E-state index is 12.0. The number of phenols is 1. The summed E-state index contributed by atoms with van der Waals surface area (Å²) in [7, 11) is 1.81. The molecule has 0 bridgehead atoms. The number of benzene rings is 1. The van der Waals surface area contributed by atoms with Gasteiger partial charge in [0.1, 0.15) is 5.75 Å². The van der Waals surface area contributed by atoms with Crippen LogP contribution in [0.25, 0.3) is 0 Å². The minimum Gasteiger partial charge on any atom is -0.508 e. The highest BCUT2D eigenvalue weighted by atomic mass is 16.3. The summed E-state index contributed by atoms with van der Waals surface area (Å²) < 4.78 is 1.66. The van der Waals surface area contributed by atoms with E-state index in [0.717, 1.165) is 12.1 Å². The molecule has 0 saturated carbocycles. The first-order chi connectivity index (χ1) is 8.60. The number of nitrogens with zero attached hydrogens (tertiary/aromatic N) is 2. The third-order valence-corrected chi connectivity index (χ3v) is 2.60. The van der Waals surface area contributed by atoms with Gasteiger partial charge in [-0.1, -0.05) is 13.0 Å². The Morgan fingerprint density at radius 2 is 2.28 bits per heavy atom. The number of aromatic hydroxyl groups is 1. The Labute approximate surface area is 105 Å². The number of anilines is 1. The summed E-state index contributed by atoms with van der Waals surface area (Å²) in [5.74, 6) is -0.182. The first-order valence-electron chi connectivity index (χ1n) is 5.73. The number of phenolic OH excluding ortho intramolecular Hbond substituents is 1. The van der Waals surface area contributed by atoms with Crippen LogP contribution in [-0.2, 0) is 13.5 Å². The van der Waals surface area contributed by atoms with E-state index in [1.54, 1.807) is 23.0 Å². The standard InChI is InChI=1S/C13H15N3O2/c1-3-11-12(8-16(2)15-11)14-13(18)9-5-4-6-10(17)7-9/h4-8,17H,3H2,1-2H3,(H,14,18). The van der Waals surface area contributed by atoms with Crippen molar-refractivity contribution in [3.63, 3.8) is 0 Å². The molecule has 18 heavy (non-hydrogen) atoms. The second-order valence-electron chi connectivity index (χ2n) is 4.02. The van der Waals surface area contributed by atoms with Crippen LogP contribution in [0.2, 0.25) is 0 Å². The van der Waals surface area contributed by atoms with Gasteiger partial charge in [0.15, 0.2) is 0 Å². The minimum atomic E-state index is -0.256. The van der Waals surface area contributed by atoms with Crippen LogP contribution < -0.4 is 5.32 Å². The van der Waals surface area contributed by atoms with Crippen molar-refractivity contribution in [2.45, 2.75) is 13.3 Å². The zero-order valence-electron chi connectivity index (χ0n) is 10.3. The maximum Gasteiger partial charge on any atom is 0.255 e. The molecule has 0 saturated heterocycles. The number of aryl methyl sites for hydroxylation is 2. The van der Waals surface area contributed by atoms with E-state index in [2.05, 4.69) is 10.4 Å². The van der Waals surface area contributed by atoms with Crippen molar-refractivity contribution in [1.29, 1.82) is 0 Å². The summed E-state index contributed by atoms with van der Waals surface area (Å²) in [4.78, 5) is 12.0. The molecule has 1 heterocycles. The second-order valence-corrected chi connectivity index (χ2v) is 4.02. The van der Waals surface area contributed by atoms with Gasteiger partial charge >= 0.3 is 0 Å². The normalized spacial score (nSPS) is 10.3. The van der Waals surface area contributed by atoms with Gasteiger partial charge in [-0.3, -0.25) is 9.48 Å². The van der Waals surface area contributed by atoms with Crippen molar-refractivity contribution in [3.8, 4) is 5.75 Å². The fraction of sp³-hybridized carbons (Fsp3) is 0.231. The van der Waals surface area contributed by atoms with E-state index in [9.17, 15) is 9.90 Å². The smallest absolute Gasteiger partial charge is 0.255 e. The van der Waals surface area contributed by atoms with Gasteiger partial charge in [0.25, 0.3) is 5.91 Å². The van der Waals surface area contributed by atoms with Crippen molar-refractivity contribution in [3.05, 3.63) is 41.7 Å². The third kappa shape index (κ3) is 2.51. The molecule has 0 spiro atoms. The highest BCUT2D eigenvalue weighted by Gasteiger charge is 2.11. The molecule has 2 aromatic rings. The SMILES string of the molecule is CCc1nn(C)cc1NC(=O)c1cccc(O)c1. The van der Waals surface area contributed by atoms with Crippen molar-refractivity contribution >= 4 is 11.6 Å². The van der Waals surface area contributed by atoms with Crippen molar-refractivity contribution < 1.29 is 9.90 Å². The van der Waals surface area contributed by atoms with E-state index >= 15 is 0 Å². The molecule has 0 aliphatic rings. The molecule has 0 fully saturated rings. The van der Waals surface area contributed by atoms with Crippen LogP contribution in [0.1, 0.15) is 23.0 Å². The Morgan fingerprint density at radius 1 is 1.50 bits per heavy atom. The van der Waals surface area contributed by atoms with Crippen LogP contribution in [0, 0.1) is 0 Å². The van der Waals surface area contributed by atoms with Crippen LogP contribution in [0.15, 0.2) is 30.5 Å². The lowest BCUT2D eigenvalue weighted by Crippen LogP contribution is -2.12. The molecular weight excluding hydrogens is 230 g/mol. The van der Waals surface area contributed by atoms with Crippen LogP contribution in [-0.4, -0.2) is 20.8 Å². The van der Waals surface area contributed by atoms with Crippen molar-refractivity contribution in [1.82, 2.24) is 9.78 Å². The molecule has 5 nitrogen and oxygen atoms in total. The molecule has 2 rings (SSSR count). The minimum absolute atomic E-state index is 0.0737. The topological polar surface area (TPSA) is 67.2 Å². The van der Waals surface area contributed by atoms with E-state index in [-0.39, 0.29) is 11.7 Å². The fourth-order valence-electron chi connectivity index (χ4n) is 1.74. The zero-order chi connectivity index (χ0) is 13.1. The lowest BCUT2D eigenvalue weighted by Gasteiger charge is -2.04. The number of rotatable bonds is 3. The van der Waals surface area contributed by atoms with Gasteiger partial charge in [-0.15, -0.1) is 0 Å². The van der Waals surface area contributed by atoms with E-state index in [0.29, 0.717) is 11.3 Å². The fourth-order valence-corrected chi connectivity index (χ4v) is 1.74. The van der Waals surface area contributed by atoms with E-state index in [1.807, 2.05) is 14.0 Å². The summed E-state index contributed by atoms with van der Waals surface area (Å²) in [6, 6.07) is 6.24. The van der Waals surface area contributed by atoms with Crippen LogP contribution in [0.3, 0.4) is 0 Å². The Hall–Kier alpha value is -2.30. The first-order valence-corrected chi connectivity index (χ1v) is 5.73. The molecule has 5 heteroatoms. The monoisotopic (exact) mass is 245 g/mol. The van der Waals surface area contributed by atoms with Gasteiger partial charge in [-0.2, -0.15) is 5.10 Å². The van der Waals surface area contributed by atoms with Gasteiger partial charge in [0, 0.05) is 18.8 Å². The molecule has 0 aliphatic carbocycles. The first kappa shape index (κ1) is 12.2. The predicted octanol–water partition coefficient (Wildman–Crippen LogP) is 1.94. The molecule has 0 aliphatic heterocycles. The van der Waals surface area contributed by atoms with Crippen LogP contribution >= 0.6 is 0 Å². The molecule has 1 aromatic carbocycles. The summed E-state index contributed by atoms with van der Waals surface area (Å²) in [6.07, 6.45) is 2.51. The summed E-state index contributed by atoms with van der Waals surface area (Å²) >= 11 is 0. The van der Waals surface area contributed by atoms with Gasteiger partial charge in [-0.25, -0.2) is 0 Å². The highest BCUT2D eigenvalue weighted by Crippen LogP contribution is 2.16. The number of carbonyl (C=O) groups is 1. The molecular formula is C13H15N3O2. The molecule has 0 radical (unpaired) electrons. The highest BCUT2D eigenvalue weighted by molar-refractivity contribution is 6.04. The molecule has 1 amide bonds. The van der Waals surface area contributed by atoms with E-state index in [4.69, 9.17) is 0 Å². The second kappa shape index (κ2) is 4.91. The lowest BCUT2D eigenvalue weighted by atomic mass is 10.2. The average molecular weight is 245 g/mol. The van der Waals surface area contributed by atoms with E-state index < -0.39 is 0 Å². The number of aromatic nitrogens is 2. The molecule has 1 aromatic heterocycles. The zero-order valence-corrected chi connectivity index (χ0v) is 10.3. The molecule has 2 N–H and O–H groups in total. The largest absolute Gasteiger partial charge is 0.508 e. The lowest BCUT2D eigenvalue weighted by molar-refractivity contribution is 0.102. The predicted molar refractivity (Wildman–Crippen MR) is 68.6 cm³/mol. The maximum atomic E-state index is 12.0. The third-order valence-electron chi connectivity index (χ3n) is 2.60. The Bertz CT molecular complexity index is 575. The quantitative estimate of drug-likeness (QED) is 0.868. The molecule has 0 atom stereocenters. The van der Waals surface area contributed by atoms with Gasteiger partial charge < -0.3 is 10.4 Å². The van der Waals surface area contributed by atoms with Gasteiger partial charge in [-0.05, 0) is 24.6 Å². The van der Waals surface area contributed by atoms with Crippen LogP contribution in [0.5, 0.6) is 5.75 Å². The average Bonchev–Trinajstić information content (AvgIpc) is 2.69. The molecule has 0 unspecified atom stereocenters. The molecule has 94 valence electrons. The summed E-state index contributed by atoms with van der Waals surface area (Å²) in [5, 5.41) is 16.4. The Kier molecular flexibility index (Phi) is 3.32. The number of carbonyl (C=O) groups excluding carboxylic acids is 1. The van der Waals surface area contributed by atoms with E-state index in [1.165, 1.54) is 12.1 Å². The Morgan fingerprint density at radius 3 is 2.94 bits per heavy atom. The summed E-state index contributed by atoms with van der Waals surface area (Å²) in [5.41, 5.74) is 1.96. The van der Waals surface area contributed by atoms with Crippen molar-refractivity contribution in [2.75, 3.05) is 5.32 Å². The van der Waals surface area contributed by atoms with Gasteiger partial charge in [0.2, 0.25) is 0 Å². The van der Waals surface area contributed by atoms with Crippen molar-refractivity contribution in [2.24, 2.45) is 7.05 Å². The van der Waals surface area contributed by atoms with Crippen LogP contribution in [0.4, 0.5) is 5.69 Å². The number of hydrogen-bond donors (Lipinski definition) is 2.